The Labute approximate surface area is 172 Å². The Balaban J connectivity index is 1.92. The number of rotatable bonds is 7. The quantitative estimate of drug-likeness (QED) is 0.607. The van der Waals surface area contributed by atoms with Gasteiger partial charge in [-0.2, -0.15) is 5.26 Å². The van der Waals surface area contributed by atoms with Crippen molar-refractivity contribution in [2.45, 2.75) is 52.4 Å². The Bertz CT molecular complexity index is 882. The van der Waals surface area contributed by atoms with Crippen molar-refractivity contribution in [2.75, 3.05) is 13.7 Å². The molecule has 0 spiro atoms. The molecule has 1 aliphatic heterocycles. The Morgan fingerprint density at radius 1 is 1.17 bits per heavy atom. The van der Waals surface area contributed by atoms with E-state index >= 15 is 0 Å². The van der Waals surface area contributed by atoms with Crippen molar-refractivity contribution in [2.24, 2.45) is 5.41 Å². The molecule has 0 radical (unpaired) electrons. The van der Waals surface area contributed by atoms with Crippen molar-refractivity contribution < 1.29 is 18.6 Å². The minimum atomic E-state index is -0.573. The molecule has 1 aliphatic rings. The summed E-state index contributed by atoms with van der Waals surface area (Å²) >= 11 is 0. The van der Waals surface area contributed by atoms with E-state index in [-0.39, 0.29) is 12.1 Å². The number of halogens is 1. The zero-order chi connectivity index (χ0) is 20.9. The first kappa shape index (κ1) is 21.3. The molecule has 0 saturated carbocycles. The molecule has 3 rings (SSSR count). The summed E-state index contributed by atoms with van der Waals surface area (Å²) in [6, 6.07) is 12.9. The van der Waals surface area contributed by atoms with Crippen LogP contribution in [0.2, 0.25) is 0 Å². The Kier molecular flexibility index (Phi) is 6.89. The maximum Gasteiger partial charge on any atom is 0.158 e. The van der Waals surface area contributed by atoms with Crippen LogP contribution in [0.25, 0.3) is 11.1 Å². The second kappa shape index (κ2) is 9.39. The topological polar surface area (TPSA) is 51.5 Å². The van der Waals surface area contributed by atoms with Gasteiger partial charge in [0.2, 0.25) is 0 Å². The minimum absolute atomic E-state index is 0.168. The van der Waals surface area contributed by atoms with E-state index < -0.39 is 5.41 Å². The van der Waals surface area contributed by atoms with E-state index in [1.807, 2.05) is 32.0 Å². The second-order valence-corrected chi connectivity index (χ2v) is 8.12. The standard InChI is InChI=1S/C24H28FNO3/c1-24(2,16-26)14-18-12-17(15-29-23-6-4-5-11-28-23)7-9-20(18)21-13-19(27-3)8-10-22(21)25/h7-10,12-13,23H,4-6,11,14-15H2,1-3H3. The van der Waals surface area contributed by atoms with Gasteiger partial charge in [0.25, 0.3) is 0 Å². The van der Waals surface area contributed by atoms with E-state index in [9.17, 15) is 9.65 Å². The number of nitriles is 1. The first-order valence-electron chi connectivity index (χ1n) is 10.0. The lowest BCUT2D eigenvalue weighted by Gasteiger charge is -2.23. The van der Waals surface area contributed by atoms with Crippen molar-refractivity contribution in [1.82, 2.24) is 0 Å². The summed E-state index contributed by atoms with van der Waals surface area (Å²) in [6.07, 6.45) is 3.43. The van der Waals surface area contributed by atoms with Crippen molar-refractivity contribution >= 4 is 0 Å². The highest BCUT2D eigenvalue weighted by Gasteiger charge is 2.22. The molecule has 0 aliphatic carbocycles. The van der Waals surface area contributed by atoms with Crippen LogP contribution >= 0.6 is 0 Å². The van der Waals surface area contributed by atoms with Crippen LogP contribution in [0.4, 0.5) is 4.39 Å². The van der Waals surface area contributed by atoms with Crippen LogP contribution in [0.15, 0.2) is 36.4 Å². The molecule has 0 amide bonds. The monoisotopic (exact) mass is 397 g/mol. The van der Waals surface area contributed by atoms with Gasteiger partial charge in [-0.05, 0) is 74.4 Å². The van der Waals surface area contributed by atoms with Crippen LogP contribution < -0.4 is 4.74 Å². The first-order valence-corrected chi connectivity index (χ1v) is 10.0. The molecular weight excluding hydrogens is 369 g/mol. The van der Waals surface area contributed by atoms with Gasteiger partial charge in [0.05, 0.1) is 25.2 Å². The van der Waals surface area contributed by atoms with Crippen LogP contribution in [0.5, 0.6) is 5.75 Å². The molecule has 0 aromatic heterocycles. The van der Waals surface area contributed by atoms with Crippen LogP contribution in [0.1, 0.15) is 44.2 Å². The maximum atomic E-state index is 14.6. The largest absolute Gasteiger partial charge is 0.497 e. The molecule has 1 unspecified atom stereocenters. The molecule has 1 saturated heterocycles. The van der Waals surface area contributed by atoms with Gasteiger partial charge in [-0.15, -0.1) is 0 Å². The van der Waals surface area contributed by atoms with Gasteiger partial charge < -0.3 is 14.2 Å². The summed E-state index contributed by atoms with van der Waals surface area (Å²) in [6.45, 7) is 4.93. The van der Waals surface area contributed by atoms with Gasteiger partial charge in [0, 0.05) is 12.2 Å². The summed E-state index contributed by atoms with van der Waals surface area (Å²) in [5.74, 6) is 0.273. The fourth-order valence-electron chi connectivity index (χ4n) is 3.53. The highest BCUT2D eigenvalue weighted by atomic mass is 19.1. The predicted molar refractivity (Wildman–Crippen MR) is 110 cm³/mol. The Hall–Kier alpha value is -2.42. The molecule has 1 atom stereocenters. The lowest BCUT2D eigenvalue weighted by molar-refractivity contribution is -0.168. The highest BCUT2D eigenvalue weighted by Crippen LogP contribution is 2.34. The molecular formula is C24H28FNO3. The first-order chi connectivity index (χ1) is 13.9. The number of hydrogen-bond donors (Lipinski definition) is 0. The van der Waals surface area contributed by atoms with E-state index in [1.165, 1.54) is 6.07 Å². The van der Waals surface area contributed by atoms with Gasteiger partial charge in [0.1, 0.15) is 11.6 Å². The van der Waals surface area contributed by atoms with Crippen LogP contribution in [0.3, 0.4) is 0 Å². The smallest absolute Gasteiger partial charge is 0.158 e. The number of hydrogen-bond acceptors (Lipinski definition) is 4. The van der Waals surface area contributed by atoms with Crippen LogP contribution in [-0.2, 0) is 22.5 Å². The lowest BCUT2D eigenvalue weighted by Crippen LogP contribution is -2.22. The molecule has 0 bridgehead atoms. The molecule has 2 aromatic rings. The second-order valence-electron chi connectivity index (χ2n) is 8.12. The zero-order valence-electron chi connectivity index (χ0n) is 17.3. The third kappa shape index (κ3) is 5.56. The zero-order valence-corrected chi connectivity index (χ0v) is 17.3. The van der Waals surface area contributed by atoms with E-state index in [0.717, 1.165) is 42.6 Å². The molecule has 1 fully saturated rings. The fraction of sp³-hybridized carbons (Fsp3) is 0.458. The maximum absolute atomic E-state index is 14.6. The predicted octanol–water partition coefficient (Wildman–Crippen LogP) is 5.64. The average Bonchev–Trinajstić information content (AvgIpc) is 2.73. The SMILES string of the molecule is COc1ccc(F)c(-c2ccc(COC3CCCCO3)cc2CC(C)(C)C#N)c1. The van der Waals surface area contributed by atoms with Gasteiger partial charge >= 0.3 is 0 Å². The van der Waals surface area contributed by atoms with Gasteiger partial charge in [-0.3, -0.25) is 0 Å². The normalized spacial score (nSPS) is 17.0. The van der Waals surface area contributed by atoms with Crippen molar-refractivity contribution in [3.63, 3.8) is 0 Å². The third-order valence-corrected chi connectivity index (χ3v) is 5.14. The number of ether oxygens (including phenoxy) is 3. The minimum Gasteiger partial charge on any atom is -0.497 e. The van der Waals surface area contributed by atoms with Crippen LogP contribution in [-0.4, -0.2) is 20.0 Å². The summed E-state index contributed by atoms with van der Waals surface area (Å²) < 4.78 is 31.4. The summed E-state index contributed by atoms with van der Waals surface area (Å²) in [7, 11) is 1.56. The molecule has 5 heteroatoms. The Morgan fingerprint density at radius 2 is 2.00 bits per heavy atom. The van der Waals surface area contributed by atoms with E-state index in [1.54, 1.807) is 19.2 Å². The number of benzene rings is 2. The summed E-state index contributed by atoms with van der Waals surface area (Å²) in [5.41, 5.74) is 2.55. The van der Waals surface area contributed by atoms with Crippen molar-refractivity contribution in [1.29, 1.82) is 5.26 Å². The molecule has 1 heterocycles. The van der Waals surface area contributed by atoms with Crippen molar-refractivity contribution in [3.05, 3.63) is 53.3 Å². The number of methoxy groups -OCH3 is 1. The van der Waals surface area contributed by atoms with E-state index in [4.69, 9.17) is 14.2 Å². The van der Waals surface area contributed by atoms with E-state index in [2.05, 4.69) is 6.07 Å². The van der Waals surface area contributed by atoms with Crippen LogP contribution in [0, 0.1) is 22.6 Å². The molecule has 154 valence electrons. The number of nitrogens with zero attached hydrogens (tertiary/aromatic N) is 1. The summed E-state index contributed by atoms with van der Waals surface area (Å²) in [4.78, 5) is 0. The van der Waals surface area contributed by atoms with E-state index in [0.29, 0.717) is 24.3 Å². The molecule has 29 heavy (non-hydrogen) atoms. The van der Waals surface area contributed by atoms with Gasteiger partial charge in [-0.1, -0.05) is 18.2 Å². The van der Waals surface area contributed by atoms with Gasteiger partial charge in [-0.25, -0.2) is 4.39 Å². The highest BCUT2D eigenvalue weighted by molar-refractivity contribution is 5.70. The third-order valence-electron chi connectivity index (χ3n) is 5.14. The Morgan fingerprint density at radius 3 is 2.69 bits per heavy atom. The molecule has 4 nitrogen and oxygen atoms in total. The average molecular weight is 397 g/mol. The van der Waals surface area contributed by atoms with Crippen molar-refractivity contribution in [3.8, 4) is 22.9 Å². The lowest BCUT2D eigenvalue weighted by atomic mass is 9.83. The molecule has 2 aromatic carbocycles. The fourth-order valence-corrected chi connectivity index (χ4v) is 3.53. The summed E-state index contributed by atoms with van der Waals surface area (Å²) in [5, 5.41) is 9.51. The molecule has 0 N–H and O–H groups in total. The van der Waals surface area contributed by atoms with Gasteiger partial charge in [0.15, 0.2) is 6.29 Å².